The molecule has 1 N–H and O–H groups in total. The van der Waals surface area contributed by atoms with Gasteiger partial charge in [-0.1, -0.05) is 18.2 Å². The number of fused-ring (bicyclic) bond motifs is 1. The van der Waals surface area contributed by atoms with Crippen LogP contribution in [-0.2, 0) is 13.0 Å². The van der Waals surface area contributed by atoms with Crippen LogP contribution in [0.3, 0.4) is 0 Å². The van der Waals surface area contributed by atoms with E-state index in [4.69, 9.17) is 4.74 Å². The average molecular weight is 327 g/mol. The van der Waals surface area contributed by atoms with Gasteiger partial charge in [0.15, 0.2) is 0 Å². The van der Waals surface area contributed by atoms with Crippen molar-refractivity contribution in [3.8, 4) is 5.75 Å². The minimum atomic E-state index is -0.00785. The van der Waals surface area contributed by atoms with E-state index in [-0.39, 0.29) is 18.1 Å². The van der Waals surface area contributed by atoms with Crippen molar-refractivity contribution in [2.75, 3.05) is 21.1 Å². The molecule has 5 nitrogen and oxygen atoms in total. The number of H-pyrrole nitrogens is 1. The predicted octanol–water partition coefficient (Wildman–Crippen LogP) is 2.54. The van der Waals surface area contributed by atoms with Crippen molar-refractivity contribution in [2.45, 2.75) is 32.0 Å². The summed E-state index contributed by atoms with van der Waals surface area (Å²) >= 11 is 0. The van der Waals surface area contributed by atoms with E-state index in [2.05, 4.69) is 36.0 Å². The number of aromatic amines is 1. The standard InChI is InChI=1S/C19H25N3O2/c1-13(18-11-14-7-5-6-8-17(14)24-18)22(4)12-15-9-10-16(20-15)19(23)21(2)3/h5-10,13,18,20H,11-12H2,1-4H3/t13-,18+/m0/s1. The number of aromatic nitrogens is 1. The smallest absolute Gasteiger partial charge is 0.269 e. The number of likely N-dealkylation sites (N-methyl/N-ethyl adjacent to an activating group) is 1. The zero-order valence-corrected chi connectivity index (χ0v) is 14.7. The molecule has 1 amide bonds. The minimum Gasteiger partial charge on any atom is -0.488 e. The first-order chi connectivity index (χ1) is 11.5. The molecular formula is C19H25N3O2. The molecule has 0 spiro atoms. The van der Waals surface area contributed by atoms with E-state index in [0.29, 0.717) is 5.69 Å². The van der Waals surface area contributed by atoms with Crippen LogP contribution in [0.2, 0.25) is 0 Å². The van der Waals surface area contributed by atoms with Gasteiger partial charge < -0.3 is 14.6 Å². The summed E-state index contributed by atoms with van der Waals surface area (Å²) in [6, 6.07) is 12.3. The molecule has 128 valence electrons. The lowest BCUT2D eigenvalue weighted by atomic mass is 10.0. The number of nitrogens with zero attached hydrogens (tertiary/aromatic N) is 2. The third-order valence-electron chi connectivity index (χ3n) is 4.71. The van der Waals surface area contributed by atoms with Crippen LogP contribution in [0.5, 0.6) is 5.75 Å². The van der Waals surface area contributed by atoms with E-state index in [1.165, 1.54) is 5.56 Å². The van der Waals surface area contributed by atoms with E-state index in [9.17, 15) is 4.79 Å². The molecule has 0 bridgehead atoms. The van der Waals surface area contributed by atoms with E-state index >= 15 is 0 Å². The van der Waals surface area contributed by atoms with E-state index < -0.39 is 0 Å². The number of carbonyl (C=O) groups is 1. The first-order valence-electron chi connectivity index (χ1n) is 8.30. The third-order valence-corrected chi connectivity index (χ3v) is 4.71. The van der Waals surface area contributed by atoms with Crippen LogP contribution in [0.25, 0.3) is 0 Å². The topological polar surface area (TPSA) is 48.6 Å². The molecule has 2 atom stereocenters. The monoisotopic (exact) mass is 327 g/mol. The van der Waals surface area contributed by atoms with Crippen LogP contribution in [0.4, 0.5) is 0 Å². The lowest BCUT2D eigenvalue weighted by Crippen LogP contribution is -2.41. The maximum atomic E-state index is 12.0. The molecule has 0 unspecified atom stereocenters. The van der Waals surface area contributed by atoms with Crippen molar-refractivity contribution in [1.82, 2.24) is 14.8 Å². The summed E-state index contributed by atoms with van der Waals surface area (Å²) in [5.41, 5.74) is 2.94. The molecule has 5 heteroatoms. The summed E-state index contributed by atoms with van der Waals surface area (Å²) in [6.45, 7) is 2.93. The number of amides is 1. The second-order valence-electron chi connectivity index (χ2n) is 6.72. The van der Waals surface area contributed by atoms with E-state index in [0.717, 1.165) is 24.4 Å². The van der Waals surface area contributed by atoms with Crippen molar-refractivity contribution < 1.29 is 9.53 Å². The molecule has 1 aromatic carbocycles. The van der Waals surface area contributed by atoms with Gasteiger partial charge in [-0.05, 0) is 37.7 Å². The molecular weight excluding hydrogens is 302 g/mol. The molecule has 0 saturated heterocycles. The highest BCUT2D eigenvalue weighted by molar-refractivity contribution is 5.92. The second kappa shape index (κ2) is 6.69. The summed E-state index contributed by atoms with van der Waals surface area (Å²) in [5, 5.41) is 0. The Morgan fingerprint density at radius 1 is 1.25 bits per heavy atom. The van der Waals surface area contributed by atoms with Gasteiger partial charge >= 0.3 is 0 Å². The summed E-state index contributed by atoms with van der Waals surface area (Å²) < 4.78 is 6.09. The number of rotatable bonds is 5. The van der Waals surface area contributed by atoms with Gasteiger partial charge in [0.1, 0.15) is 17.5 Å². The minimum absolute atomic E-state index is 0.00785. The van der Waals surface area contributed by atoms with Crippen LogP contribution in [0, 0.1) is 0 Å². The summed E-state index contributed by atoms with van der Waals surface area (Å²) in [5.74, 6) is 0.994. The molecule has 0 aliphatic carbocycles. The van der Waals surface area contributed by atoms with Gasteiger partial charge in [-0.25, -0.2) is 0 Å². The van der Waals surface area contributed by atoms with Gasteiger partial charge in [0, 0.05) is 38.8 Å². The van der Waals surface area contributed by atoms with E-state index in [1.807, 2.05) is 24.3 Å². The Labute approximate surface area is 143 Å². The molecule has 3 rings (SSSR count). The molecule has 1 aliphatic rings. The lowest BCUT2D eigenvalue weighted by molar-refractivity contribution is 0.0821. The number of hydrogen-bond donors (Lipinski definition) is 1. The average Bonchev–Trinajstić information content (AvgIpc) is 3.19. The van der Waals surface area contributed by atoms with Crippen LogP contribution in [0.15, 0.2) is 36.4 Å². The SMILES string of the molecule is C[C@@H]([C@H]1Cc2ccccc2O1)N(C)Cc1ccc(C(=O)N(C)C)[nH]1. The molecule has 0 fully saturated rings. The van der Waals surface area contributed by atoms with Gasteiger partial charge in [-0.3, -0.25) is 9.69 Å². The largest absolute Gasteiger partial charge is 0.488 e. The second-order valence-corrected chi connectivity index (χ2v) is 6.72. The van der Waals surface area contributed by atoms with Gasteiger partial charge in [-0.2, -0.15) is 0 Å². The van der Waals surface area contributed by atoms with Crippen LogP contribution in [0.1, 0.15) is 28.7 Å². The zero-order chi connectivity index (χ0) is 17.3. The van der Waals surface area contributed by atoms with Crippen LogP contribution in [-0.4, -0.2) is 54.0 Å². The van der Waals surface area contributed by atoms with Gasteiger partial charge in [0.25, 0.3) is 5.91 Å². The maximum absolute atomic E-state index is 12.0. The Hall–Kier alpha value is -2.27. The van der Waals surface area contributed by atoms with Crippen molar-refractivity contribution in [1.29, 1.82) is 0 Å². The van der Waals surface area contributed by atoms with Gasteiger partial charge in [0.2, 0.25) is 0 Å². The van der Waals surface area contributed by atoms with Crippen molar-refractivity contribution in [3.63, 3.8) is 0 Å². The van der Waals surface area contributed by atoms with Crippen LogP contribution >= 0.6 is 0 Å². The molecule has 1 aromatic heterocycles. The van der Waals surface area contributed by atoms with Gasteiger partial charge in [-0.15, -0.1) is 0 Å². The molecule has 24 heavy (non-hydrogen) atoms. The first kappa shape index (κ1) is 16.6. The highest BCUT2D eigenvalue weighted by Gasteiger charge is 2.29. The summed E-state index contributed by atoms with van der Waals surface area (Å²) in [4.78, 5) is 19.0. The first-order valence-corrected chi connectivity index (χ1v) is 8.30. The number of carbonyl (C=O) groups excluding carboxylic acids is 1. The number of hydrogen-bond acceptors (Lipinski definition) is 3. The Bertz CT molecular complexity index is 698. The Morgan fingerprint density at radius 3 is 2.71 bits per heavy atom. The lowest BCUT2D eigenvalue weighted by Gasteiger charge is -2.28. The Morgan fingerprint density at radius 2 is 2.00 bits per heavy atom. The van der Waals surface area contributed by atoms with E-state index in [1.54, 1.807) is 19.0 Å². The summed E-state index contributed by atoms with van der Waals surface area (Å²) in [6.07, 6.45) is 1.10. The maximum Gasteiger partial charge on any atom is 0.269 e. The number of benzene rings is 1. The van der Waals surface area contributed by atoms with Crippen molar-refractivity contribution in [2.24, 2.45) is 0 Å². The number of ether oxygens (including phenoxy) is 1. The highest BCUT2D eigenvalue weighted by atomic mass is 16.5. The van der Waals surface area contributed by atoms with Crippen molar-refractivity contribution >= 4 is 5.91 Å². The summed E-state index contributed by atoms with van der Waals surface area (Å²) in [7, 11) is 5.60. The number of para-hydroxylation sites is 1. The molecule has 2 aromatic rings. The fraction of sp³-hybridized carbons (Fsp3) is 0.421. The van der Waals surface area contributed by atoms with Crippen LogP contribution < -0.4 is 4.74 Å². The Kier molecular flexibility index (Phi) is 4.62. The Balaban J connectivity index is 1.61. The van der Waals surface area contributed by atoms with Gasteiger partial charge in [0.05, 0.1) is 0 Å². The molecule has 1 aliphatic heterocycles. The zero-order valence-electron chi connectivity index (χ0n) is 14.7. The fourth-order valence-corrected chi connectivity index (χ4v) is 3.07. The predicted molar refractivity (Wildman–Crippen MR) is 94.3 cm³/mol. The molecule has 0 saturated carbocycles. The normalized spacial score (nSPS) is 17.5. The quantitative estimate of drug-likeness (QED) is 0.918. The number of nitrogens with one attached hydrogen (secondary N) is 1. The third kappa shape index (κ3) is 3.31. The molecule has 0 radical (unpaired) electrons. The fourth-order valence-electron chi connectivity index (χ4n) is 3.07. The highest BCUT2D eigenvalue weighted by Crippen LogP contribution is 2.30. The van der Waals surface area contributed by atoms with Crippen molar-refractivity contribution in [3.05, 3.63) is 53.3 Å². The molecule has 2 heterocycles.